The van der Waals surface area contributed by atoms with Crippen molar-refractivity contribution in [3.05, 3.63) is 34.5 Å². The number of nitro groups is 1. The van der Waals surface area contributed by atoms with Crippen molar-refractivity contribution in [1.29, 1.82) is 0 Å². The van der Waals surface area contributed by atoms with Crippen LogP contribution < -0.4 is 4.74 Å². The highest BCUT2D eigenvalue weighted by atomic mass is 16.6. The van der Waals surface area contributed by atoms with Gasteiger partial charge in [0.15, 0.2) is 5.75 Å². The molecule has 1 aromatic carbocycles. The van der Waals surface area contributed by atoms with Gasteiger partial charge in [-0.3, -0.25) is 14.7 Å². The maximum Gasteiger partial charge on any atom is 0.416 e. The summed E-state index contributed by atoms with van der Waals surface area (Å²) in [6.45, 7) is 0. The molecule has 0 saturated heterocycles. The summed E-state index contributed by atoms with van der Waals surface area (Å²) >= 11 is 0. The molecule has 17 heavy (non-hydrogen) atoms. The van der Waals surface area contributed by atoms with Crippen LogP contribution in [0.2, 0.25) is 0 Å². The smallest absolute Gasteiger partial charge is 0.416 e. The van der Waals surface area contributed by atoms with E-state index in [0.717, 1.165) is 4.57 Å². The van der Waals surface area contributed by atoms with Gasteiger partial charge in [-0.25, -0.2) is 4.79 Å². The standard InChI is InChI=1S/C10H8N2O5/c1-17-9-4-6-2-3-11(10(13)14)7(6)5-8(9)12(15)16/h2-5H,1H3,(H,13,14). The Morgan fingerprint density at radius 3 is 2.76 bits per heavy atom. The van der Waals surface area contributed by atoms with Crippen LogP contribution in [0.25, 0.3) is 10.9 Å². The lowest BCUT2D eigenvalue weighted by Crippen LogP contribution is -2.05. The average molecular weight is 236 g/mol. The summed E-state index contributed by atoms with van der Waals surface area (Å²) in [6, 6.07) is 4.17. The van der Waals surface area contributed by atoms with Crippen molar-refractivity contribution in [3.8, 4) is 5.75 Å². The summed E-state index contributed by atoms with van der Waals surface area (Å²) in [4.78, 5) is 21.1. The Morgan fingerprint density at radius 2 is 2.24 bits per heavy atom. The monoisotopic (exact) mass is 236 g/mol. The van der Waals surface area contributed by atoms with Crippen LogP contribution in [-0.2, 0) is 0 Å². The minimum Gasteiger partial charge on any atom is -0.490 e. The van der Waals surface area contributed by atoms with Gasteiger partial charge in [0, 0.05) is 17.6 Å². The number of carboxylic acid groups (broad SMARTS) is 1. The maximum atomic E-state index is 10.9. The Balaban J connectivity index is 2.77. The van der Waals surface area contributed by atoms with Gasteiger partial charge in [-0.15, -0.1) is 0 Å². The maximum absolute atomic E-state index is 10.9. The van der Waals surface area contributed by atoms with E-state index < -0.39 is 11.0 Å². The molecule has 0 spiro atoms. The number of fused-ring (bicyclic) bond motifs is 1. The molecule has 0 fully saturated rings. The summed E-state index contributed by atoms with van der Waals surface area (Å²) in [5.74, 6) is 0.102. The number of nitrogens with zero attached hydrogens (tertiary/aromatic N) is 2. The molecule has 0 atom stereocenters. The van der Waals surface area contributed by atoms with E-state index >= 15 is 0 Å². The number of rotatable bonds is 2. The number of nitro benzene ring substituents is 1. The lowest BCUT2D eigenvalue weighted by Gasteiger charge is -2.03. The lowest BCUT2D eigenvalue weighted by molar-refractivity contribution is -0.385. The molecule has 7 heteroatoms. The van der Waals surface area contributed by atoms with Crippen molar-refractivity contribution in [1.82, 2.24) is 4.57 Å². The van der Waals surface area contributed by atoms with E-state index in [9.17, 15) is 14.9 Å². The highest BCUT2D eigenvalue weighted by molar-refractivity contribution is 5.91. The van der Waals surface area contributed by atoms with Crippen LogP contribution in [0.4, 0.5) is 10.5 Å². The normalized spacial score (nSPS) is 10.4. The van der Waals surface area contributed by atoms with Crippen LogP contribution in [0.3, 0.4) is 0 Å². The third-order valence-corrected chi connectivity index (χ3v) is 2.39. The molecule has 1 N–H and O–H groups in total. The van der Waals surface area contributed by atoms with Gasteiger partial charge in [-0.05, 0) is 12.1 Å². The Hall–Kier alpha value is -2.57. The van der Waals surface area contributed by atoms with E-state index in [1.165, 1.54) is 25.4 Å². The van der Waals surface area contributed by atoms with Crippen LogP contribution >= 0.6 is 0 Å². The fourth-order valence-electron chi connectivity index (χ4n) is 1.62. The number of ether oxygens (including phenoxy) is 1. The van der Waals surface area contributed by atoms with Gasteiger partial charge >= 0.3 is 11.8 Å². The Bertz CT molecular complexity index is 616. The van der Waals surface area contributed by atoms with Gasteiger partial charge in [0.25, 0.3) is 0 Å². The molecule has 0 aliphatic rings. The number of hydrogen-bond acceptors (Lipinski definition) is 4. The number of methoxy groups -OCH3 is 1. The molecule has 1 aromatic heterocycles. The lowest BCUT2D eigenvalue weighted by atomic mass is 10.2. The van der Waals surface area contributed by atoms with E-state index in [2.05, 4.69) is 0 Å². The van der Waals surface area contributed by atoms with Crippen molar-refractivity contribution < 1.29 is 19.6 Å². The molecule has 7 nitrogen and oxygen atoms in total. The molecule has 0 amide bonds. The first-order valence-corrected chi connectivity index (χ1v) is 4.61. The van der Waals surface area contributed by atoms with Gasteiger partial charge in [-0.2, -0.15) is 0 Å². The summed E-state index contributed by atoms with van der Waals surface area (Å²) in [5.41, 5.74) is -0.00815. The van der Waals surface area contributed by atoms with Crippen molar-refractivity contribution in [2.75, 3.05) is 7.11 Å². The minimum absolute atomic E-state index is 0.102. The van der Waals surface area contributed by atoms with Crippen LogP contribution in [0, 0.1) is 10.1 Å². The predicted molar refractivity (Wildman–Crippen MR) is 58.6 cm³/mol. The largest absolute Gasteiger partial charge is 0.490 e. The SMILES string of the molecule is COc1cc2ccn(C(=O)O)c2cc1[N+](=O)[O-]. The number of hydrogen-bond donors (Lipinski definition) is 1. The minimum atomic E-state index is -1.19. The zero-order chi connectivity index (χ0) is 12.6. The molecular weight excluding hydrogens is 228 g/mol. The van der Waals surface area contributed by atoms with Gasteiger partial charge in [-0.1, -0.05) is 0 Å². The molecule has 2 aromatic rings. The molecule has 88 valence electrons. The fraction of sp³-hybridized carbons (Fsp3) is 0.100. The van der Waals surface area contributed by atoms with Gasteiger partial charge < -0.3 is 9.84 Å². The van der Waals surface area contributed by atoms with Crippen molar-refractivity contribution in [2.45, 2.75) is 0 Å². The number of carbonyl (C=O) groups is 1. The van der Waals surface area contributed by atoms with E-state index in [-0.39, 0.29) is 17.0 Å². The fourth-order valence-corrected chi connectivity index (χ4v) is 1.62. The van der Waals surface area contributed by atoms with Crippen molar-refractivity contribution in [2.24, 2.45) is 0 Å². The first-order valence-electron chi connectivity index (χ1n) is 4.61. The zero-order valence-corrected chi connectivity index (χ0v) is 8.78. The molecular formula is C10H8N2O5. The Morgan fingerprint density at radius 1 is 1.53 bits per heavy atom. The van der Waals surface area contributed by atoms with Gasteiger partial charge in [0.05, 0.1) is 17.5 Å². The number of benzene rings is 1. The average Bonchev–Trinajstić information content (AvgIpc) is 2.69. The second-order valence-corrected chi connectivity index (χ2v) is 3.31. The second kappa shape index (κ2) is 3.78. The second-order valence-electron chi connectivity index (χ2n) is 3.31. The summed E-state index contributed by atoms with van der Waals surface area (Å²) < 4.78 is 5.80. The molecule has 0 saturated carbocycles. The van der Waals surface area contributed by atoms with Crippen LogP contribution in [0.1, 0.15) is 0 Å². The topological polar surface area (TPSA) is 94.6 Å². The summed E-state index contributed by atoms with van der Waals surface area (Å²) in [7, 11) is 1.32. The summed E-state index contributed by atoms with van der Waals surface area (Å²) in [6.07, 6.45) is 0.135. The van der Waals surface area contributed by atoms with Crippen LogP contribution in [0.5, 0.6) is 5.75 Å². The van der Waals surface area contributed by atoms with E-state index in [1.807, 2.05) is 0 Å². The van der Waals surface area contributed by atoms with Gasteiger partial charge in [0.1, 0.15) is 0 Å². The Kier molecular flexibility index (Phi) is 2.43. The molecule has 0 aliphatic heterocycles. The van der Waals surface area contributed by atoms with E-state index in [4.69, 9.17) is 9.84 Å². The predicted octanol–water partition coefficient (Wildman–Crippen LogP) is 2.08. The third-order valence-electron chi connectivity index (χ3n) is 2.39. The molecule has 0 radical (unpaired) electrons. The van der Waals surface area contributed by atoms with Crippen molar-refractivity contribution in [3.63, 3.8) is 0 Å². The third kappa shape index (κ3) is 1.67. The Labute approximate surface area is 95.0 Å². The molecule has 0 unspecified atom stereocenters. The summed E-state index contributed by atoms with van der Waals surface area (Å²) in [5, 5.41) is 20.3. The van der Waals surface area contributed by atoms with Crippen LogP contribution in [-0.4, -0.2) is 27.8 Å². The molecule has 0 aliphatic carbocycles. The molecule has 0 bridgehead atoms. The molecule has 2 rings (SSSR count). The highest BCUT2D eigenvalue weighted by Crippen LogP contribution is 2.32. The highest BCUT2D eigenvalue weighted by Gasteiger charge is 2.18. The van der Waals surface area contributed by atoms with Gasteiger partial charge in [0.2, 0.25) is 0 Å². The zero-order valence-electron chi connectivity index (χ0n) is 8.78. The number of aromatic nitrogens is 1. The van der Waals surface area contributed by atoms with E-state index in [0.29, 0.717) is 5.39 Å². The van der Waals surface area contributed by atoms with E-state index in [1.54, 1.807) is 6.07 Å². The first-order chi connectivity index (χ1) is 8.04. The van der Waals surface area contributed by atoms with Crippen molar-refractivity contribution >= 4 is 22.7 Å². The quantitative estimate of drug-likeness (QED) is 0.636. The first kappa shape index (κ1) is 10.9. The van der Waals surface area contributed by atoms with Crippen LogP contribution in [0.15, 0.2) is 24.4 Å². The molecule has 1 heterocycles.